The summed E-state index contributed by atoms with van der Waals surface area (Å²) in [5, 5.41) is 3.03. The number of nitrogens with zero attached hydrogens (tertiary/aromatic N) is 1. The van der Waals surface area contributed by atoms with Crippen molar-refractivity contribution in [3.05, 3.63) is 0 Å². The van der Waals surface area contributed by atoms with E-state index >= 15 is 0 Å². The largest absolute Gasteiger partial charge is 0.401 e. The predicted octanol–water partition coefficient (Wildman–Crippen LogP) is 1.50. The highest BCUT2D eigenvalue weighted by Crippen LogP contribution is 2.47. The maximum Gasteiger partial charge on any atom is 0.401 e. The first-order valence-electron chi connectivity index (χ1n) is 8.18. The summed E-state index contributed by atoms with van der Waals surface area (Å²) in [6.45, 7) is -0.0919. The molecule has 1 amide bonds. The monoisotopic (exact) mass is 319 g/mol. The average molecular weight is 319 g/mol. The maximum atomic E-state index is 12.4. The van der Waals surface area contributed by atoms with E-state index in [-0.39, 0.29) is 23.9 Å². The first kappa shape index (κ1) is 16.1. The van der Waals surface area contributed by atoms with Crippen molar-refractivity contribution in [3.63, 3.8) is 0 Å². The SMILES string of the molecule is NC1C2CCC(C2)C1C(=O)NC1CCN(CC(F)(F)F)CC1. The number of alkyl halides is 3. The third-order valence-corrected chi connectivity index (χ3v) is 5.62. The van der Waals surface area contributed by atoms with Crippen molar-refractivity contribution < 1.29 is 18.0 Å². The zero-order valence-corrected chi connectivity index (χ0v) is 12.6. The smallest absolute Gasteiger partial charge is 0.353 e. The highest BCUT2D eigenvalue weighted by Gasteiger charge is 2.49. The molecule has 0 spiro atoms. The molecule has 4 nitrogen and oxygen atoms in total. The maximum absolute atomic E-state index is 12.4. The standard InChI is InChI=1S/C15H24F3N3O/c16-15(17,18)8-21-5-3-11(4-6-21)20-14(22)12-9-1-2-10(7-9)13(12)19/h9-13H,1-8,19H2,(H,20,22). The van der Waals surface area contributed by atoms with E-state index in [1.807, 2.05) is 0 Å². The van der Waals surface area contributed by atoms with Gasteiger partial charge in [-0.3, -0.25) is 9.69 Å². The number of hydrogen-bond donors (Lipinski definition) is 2. The average Bonchev–Trinajstić information content (AvgIpc) is 3.00. The van der Waals surface area contributed by atoms with E-state index in [0.29, 0.717) is 37.8 Å². The summed E-state index contributed by atoms with van der Waals surface area (Å²) in [6.07, 6.45) is 0.289. The van der Waals surface area contributed by atoms with Crippen LogP contribution in [0.15, 0.2) is 0 Å². The van der Waals surface area contributed by atoms with Gasteiger partial charge in [-0.05, 0) is 43.9 Å². The van der Waals surface area contributed by atoms with Gasteiger partial charge in [-0.1, -0.05) is 0 Å². The van der Waals surface area contributed by atoms with Crippen molar-refractivity contribution in [1.82, 2.24) is 10.2 Å². The van der Waals surface area contributed by atoms with E-state index in [4.69, 9.17) is 5.73 Å². The summed E-state index contributed by atoms with van der Waals surface area (Å²) in [6, 6.07) is -0.0487. The Bertz CT molecular complexity index is 419. The highest BCUT2D eigenvalue weighted by atomic mass is 19.4. The second kappa shape index (κ2) is 6.00. The second-order valence-electron chi connectivity index (χ2n) is 7.11. The molecule has 3 fully saturated rings. The van der Waals surface area contributed by atoms with Crippen LogP contribution in [0.3, 0.4) is 0 Å². The number of hydrogen-bond acceptors (Lipinski definition) is 3. The van der Waals surface area contributed by atoms with Crippen LogP contribution in [0.25, 0.3) is 0 Å². The van der Waals surface area contributed by atoms with Crippen LogP contribution < -0.4 is 11.1 Å². The van der Waals surface area contributed by atoms with Crippen molar-refractivity contribution in [2.24, 2.45) is 23.5 Å². The van der Waals surface area contributed by atoms with Gasteiger partial charge in [0.05, 0.1) is 12.5 Å². The number of nitrogens with two attached hydrogens (primary N) is 1. The van der Waals surface area contributed by atoms with Gasteiger partial charge < -0.3 is 11.1 Å². The first-order chi connectivity index (χ1) is 10.3. The van der Waals surface area contributed by atoms with Crippen LogP contribution in [-0.2, 0) is 4.79 Å². The molecular weight excluding hydrogens is 295 g/mol. The molecule has 2 bridgehead atoms. The lowest BCUT2D eigenvalue weighted by Gasteiger charge is -2.34. The molecule has 2 saturated carbocycles. The van der Waals surface area contributed by atoms with Gasteiger partial charge >= 0.3 is 6.18 Å². The lowest BCUT2D eigenvalue weighted by Crippen LogP contribution is -2.51. The third-order valence-electron chi connectivity index (χ3n) is 5.62. The normalized spacial score (nSPS) is 36.7. The molecule has 1 heterocycles. The number of carbonyl (C=O) groups excluding carboxylic acids is 1. The fourth-order valence-electron chi connectivity index (χ4n) is 4.51. The molecule has 3 aliphatic rings. The first-order valence-corrected chi connectivity index (χ1v) is 8.18. The van der Waals surface area contributed by atoms with E-state index in [1.165, 1.54) is 4.90 Å². The highest BCUT2D eigenvalue weighted by molar-refractivity contribution is 5.80. The van der Waals surface area contributed by atoms with Crippen LogP contribution in [0.2, 0.25) is 0 Å². The van der Waals surface area contributed by atoms with Crippen LogP contribution in [0.4, 0.5) is 13.2 Å². The van der Waals surface area contributed by atoms with Gasteiger partial charge in [-0.15, -0.1) is 0 Å². The van der Waals surface area contributed by atoms with Crippen LogP contribution in [0.5, 0.6) is 0 Å². The number of likely N-dealkylation sites (tertiary alicyclic amines) is 1. The fourth-order valence-corrected chi connectivity index (χ4v) is 4.51. The van der Waals surface area contributed by atoms with E-state index in [0.717, 1.165) is 19.3 Å². The number of halogens is 3. The Morgan fingerprint density at radius 1 is 1.14 bits per heavy atom. The van der Waals surface area contributed by atoms with E-state index in [9.17, 15) is 18.0 Å². The molecule has 0 radical (unpaired) electrons. The van der Waals surface area contributed by atoms with Gasteiger partial charge in [0.25, 0.3) is 0 Å². The van der Waals surface area contributed by atoms with Crippen molar-refractivity contribution >= 4 is 5.91 Å². The quantitative estimate of drug-likeness (QED) is 0.829. The fraction of sp³-hybridized carbons (Fsp3) is 0.933. The van der Waals surface area contributed by atoms with Crippen LogP contribution in [-0.4, -0.2) is 48.7 Å². The number of nitrogens with one attached hydrogen (secondary N) is 1. The van der Waals surface area contributed by atoms with Gasteiger partial charge in [-0.2, -0.15) is 13.2 Å². The molecular formula is C15H24F3N3O. The number of fused-ring (bicyclic) bond motifs is 2. The zero-order valence-electron chi connectivity index (χ0n) is 12.6. The van der Waals surface area contributed by atoms with Crippen molar-refractivity contribution in [3.8, 4) is 0 Å². The zero-order chi connectivity index (χ0) is 15.9. The summed E-state index contributed by atoms with van der Waals surface area (Å²) in [7, 11) is 0. The molecule has 0 aromatic carbocycles. The van der Waals surface area contributed by atoms with Gasteiger partial charge in [0, 0.05) is 25.2 Å². The van der Waals surface area contributed by atoms with Crippen molar-refractivity contribution in [2.45, 2.75) is 50.4 Å². The third kappa shape index (κ3) is 3.40. The van der Waals surface area contributed by atoms with Crippen LogP contribution in [0, 0.1) is 17.8 Å². The summed E-state index contributed by atoms with van der Waals surface area (Å²) < 4.78 is 37.1. The number of amides is 1. The molecule has 4 unspecified atom stereocenters. The Kier molecular flexibility index (Phi) is 4.38. The molecule has 1 aliphatic heterocycles. The lowest BCUT2D eigenvalue weighted by atomic mass is 9.84. The minimum absolute atomic E-state index is 0.0108. The molecule has 2 aliphatic carbocycles. The molecule has 4 atom stereocenters. The van der Waals surface area contributed by atoms with Gasteiger partial charge in [0.2, 0.25) is 5.91 Å². The van der Waals surface area contributed by atoms with Crippen LogP contribution in [0.1, 0.15) is 32.1 Å². The Balaban J connectivity index is 1.46. The number of piperidine rings is 1. The number of carbonyl (C=O) groups is 1. The Labute approximate surface area is 128 Å². The van der Waals surface area contributed by atoms with E-state index < -0.39 is 12.7 Å². The molecule has 0 aromatic rings. The molecule has 0 aromatic heterocycles. The Hall–Kier alpha value is -0.820. The van der Waals surface area contributed by atoms with Gasteiger partial charge in [-0.25, -0.2) is 0 Å². The van der Waals surface area contributed by atoms with Crippen molar-refractivity contribution in [2.75, 3.05) is 19.6 Å². The number of rotatable bonds is 3. The molecule has 1 saturated heterocycles. The molecule has 126 valence electrons. The predicted molar refractivity (Wildman–Crippen MR) is 76.0 cm³/mol. The topological polar surface area (TPSA) is 58.4 Å². The summed E-state index contributed by atoms with van der Waals surface area (Å²) in [5.41, 5.74) is 6.17. The minimum atomic E-state index is -4.15. The molecule has 3 N–H and O–H groups in total. The summed E-state index contributed by atoms with van der Waals surface area (Å²) >= 11 is 0. The molecule has 7 heteroatoms. The van der Waals surface area contributed by atoms with Crippen molar-refractivity contribution in [1.29, 1.82) is 0 Å². The summed E-state index contributed by atoms with van der Waals surface area (Å²) in [4.78, 5) is 13.8. The summed E-state index contributed by atoms with van der Waals surface area (Å²) in [5.74, 6) is 0.820. The van der Waals surface area contributed by atoms with Gasteiger partial charge in [0.15, 0.2) is 0 Å². The Morgan fingerprint density at radius 2 is 1.77 bits per heavy atom. The van der Waals surface area contributed by atoms with Gasteiger partial charge in [0.1, 0.15) is 0 Å². The van der Waals surface area contributed by atoms with Crippen LogP contribution >= 0.6 is 0 Å². The van der Waals surface area contributed by atoms with E-state index in [2.05, 4.69) is 5.32 Å². The van der Waals surface area contributed by atoms with E-state index in [1.54, 1.807) is 0 Å². The molecule has 22 heavy (non-hydrogen) atoms. The lowest BCUT2D eigenvalue weighted by molar-refractivity contribution is -0.148. The Morgan fingerprint density at radius 3 is 2.32 bits per heavy atom. The second-order valence-corrected chi connectivity index (χ2v) is 7.11. The molecule has 3 rings (SSSR count). The minimum Gasteiger partial charge on any atom is -0.353 e.